The Balaban J connectivity index is 1.57. The van der Waals surface area contributed by atoms with Crippen LogP contribution < -0.4 is 20.7 Å². The smallest absolute Gasteiger partial charge is 0.320 e. The summed E-state index contributed by atoms with van der Waals surface area (Å²) < 4.78 is 5.83. The first kappa shape index (κ1) is 22.8. The standard InChI is InChI=1S/C27H25N3O4/c1-18(31)24-25(20-12-6-3-7-13-20)29-27(33)30-26(24)21-14-8-9-15-22(21)34-17-23(32)28-16-19-10-4-2-5-11-19/h2-15,26H,16-17H2,1H3,(H,28,32)(H2,29,30,33)/t26-/m0/s1. The Morgan fingerprint density at radius 3 is 2.26 bits per heavy atom. The van der Waals surface area contributed by atoms with Crippen LogP contribution in [0.1, 0.15) is 29.7 Å². The number of ether oxygens (including phenoxy) is 1. The highest BCUT2D eigenvalue weighted by Crippen LogP contribution is 2.35. The van der Waals surface area contributed by atoms with Crippen LogP contribution in [-0.4, -0.2) is 24.3 Å². The molecule has 4 rings (SSSR count). The summed E-state index contributed by atoms with van der Waals surface area (Å²) in [6, 6.07) is 24.7. The molecule has 1 aliphatic heterocycles. The van der Waals surface area contributed by atoms with Crippen LogP contribution in [0.5, 0.6) is 5.75 Å². The number of Topliss-reactive ketones (excluding diaryl/α,β-unsaturated/α-hetero) is 1. The van der Waals surface area contributed by atoms with Gasteiger partial charge in [0.1, 0.15) is 5.75 Å². The number of rotatable bonds is 8. The first-order valence-electron chi connectivity index (χ1n) is 10.9. The Kier molecular flexibility index (Phi) is 7.03. The molecule has 0 radical (unpaired) electrons. The van der Waals surface area contributed by atoms with E-state index in [1.165, 1.54) is 6.92 Å². The van der Waals surface area contributed by atoms with E-state index in [1.54, 1.807) is 24.3 Å². The number of hydrogen-bond donors (Lipinski definition) is 3. The maximum Gasteiger partial charge on any atom is 0.320 e. The Morgan fingerprint density at radius 2 is 1.56 bits per heavy atom. The maximum absolute atomic E-state index is 12.7. The van der Waals surface area contributed by atoms with Gasteiger partial charge in [-0.05, 0) is 24.1 Å². The zero-order valence-electron chi connectivity index (χ0n) is 18.7. The molecule has 0 aromatic heterocycles. The van der Waals surface area contributed by atoms with E-state index in [2.05, 4.69) is 16.0 Å². The summed E-state index contributed by atoms with van der Waals surface area (Å²) in [6.07, 6.45) is 0. The lowest BCUT2D eigenvalue weighted by Crippen LogP contribution is -2.45. The third-order valence-electron chi connectivity index (χ3n) is 5.44. The number of benzene rings is 3. The van der Waals surface area contributed by atoms with Crippen molar-refractivity contribution in [3.63, 3.8) is 0 Å². The highest BCUT2D eigenvalue weighted by Gasteiger charge is 2.33. The van der Waals surface area contributed by atoms with Crippen molar-refractivity contribution in [2.24, 2.45) is 0 Å². The zero-order valence-corrected chi connectivity index (χ0v) is 18.7. The summed E-state index contributed by atoms with van der Waals surface area (Å²) in [7, 11) is 0. The number of carbonyl (C=O) groups is 3. The topological polar surface area (TPSA) is 96.5 Å². The average Bonchev–Trinajstić information content (AvgIpc) is 2.87. The van der Waals surface area contributed by atoms with Crippen LogP contribution in [0.15, 0.2) is 90.5 Å². The molecule has 0 fully saturated rings. The van der Waals surface area contributed by atoms with Gasteiger partial charge in [0.15, 0.2) is 12.4 Å². The van der Waals surface area contributed by atoms with Crippen molar-refractivity contribution in [3.05, 3.63) is 107 Å². The Bertz CT molecular complexity index is 1220. The Hall–Kier alpha value is -4.39. The molecule has 0 aliphatic carbocycles. The van der Waals surface area contributed by atoms with Gasteiger partial charge in [0.05, 0.1) is 11.7 Å². The molecule has 1 atom stereocenters. The summed E-state index contributed by atoms with van der Waals surface area (Å²) in [5.74, 6) is -0.0530. The number of carbonyl (C=O) groups excluding carboxylic acids is 3. The quantitative estimate of drug-likeness (QED) is 0.482. The molecular formula is C27H25N3O4. The number of amides is 3. The van der Waals surface area contributed by atoms with Crippen LogP contribution in [0.2, 0.25) is 0 Å². The van der Waals surface area contributed by atoms with Gasteiger partial charge in [0.25, 0.3) is 5.91 Å². The molecule has 3 aromatic rings. The molecule has 1 heterocycles. The molecule has 7 nitrogen and oxygen atoms in total. The molecule has 34 heavy (non-hydrogen) atoms. The maximum atomic E-state index is 12.7. The third kappa shape index (κ3) is 5.32. The van der Waals surface area contributed by atoms with Gasteiger partial charge in [-0.2, -0.15) is 0 Å². The number of urea groups is 1. The molecule has 1 aliphatic rings. The highest BCUT2D eigenvalue weighted by atomic mass is 16.5. The van der Waals surface area contributed by atoms with Gasteiger partial charge in [-0.25, -0.2) is 4.79 Å². The van der Waals surface area contributed by atoms with Crippen molar-refractivity contribution in [1.82, 2.24) is 16.0 Å². The van der Waals surface area contributed by atoms with Gasteiger partial charge >= 0.3 is 6.03 Å². The first-order valence-corrected chi connectivity index (χ1v) is 10.9. The molecule has 0 bridgehead atoms. The lowest BCUT2D eigenvalue weighted by atomic mass is 9.90. The summed E-state index contributed by atoms with van der Waals surface area (Å²) >= 11 is 0. The van der Waals surface area contributed by atoms with Crippen LogP contribution >= 0.6 is 0 Å². The van der Waals surface area contributed by atoms with Crippen molar-refractivity contribution in [3.8, 4) is 5.75 Å². The van der Waals surface area contributed by atoms with Crippen LogP contribution in [-0.2, 0) is 16.1 Å². The second kappa shape index (κ2) is 10.5. The fraction of sp³-hybridized carbons (Fsp3) is 0.148. The molecule has 7 heteroatoms. The minimum absolute atomic E-state index is 0.188. The minimum atomic E-state index is -0.731. The van der Waals surface area contributed by atoms with Gasteiger partial charge in [0, 0.05) is 17.7 Å². The molecule has 3 N–H and O–H groups in total. The van der Waals surface area contributed by atoms with E-state index in [9.17, 15) is 14.4 Å². The summed E-state index contributed by atoms with van der Waals surface area (Å²) in [4.78, 5) is 37.6. The van der Waals surface area contributed by atoms with Gasteiger partial charge in [-0.15, -0.1) is 0 Å². The first-order chi connectivity index (χ1) is 16.5. The summed E-state index contributed by atoms with van der Waals surface area (Å²) in [5, 5.41) is 8.42. The largest absolute Gasteiger partial charge is 0.483 e. The molecule has 3 aromatic carbocycles. The predicted octanol–water partition coefficient (Wildman–Crippen LogP) is 3.74. The summed E-state index contributed by atoms with van der Waals surface area (Å²) in [5.41, 5.74) is 3.17. The van der Waals surface area contributed by atoms with Gasteiger partial charge in [0.2, 0.25) is 0 Å². The van der Waals surface area contributed by atoms with Crippen LogP contribution in [0.25, 0.3) is 5.70 Å². The number of nitrogens with one attached hydrogen (secondary N) is 3. The number of para-hydroxylation sites is 1. The molecule has 0 unspecified atom stereocenters. The average molecular weight is 456 g/mol. The minimum Gasteiger partial charge on any atom is -0.483 e. The fourth-order valence-corrected chi connectivity index (χ4v) is 3.85. The van der Waals surface area contributed by atoms with Crippen LogP contribution in [0.4, 0.5) is 4.79 Å². The lowest BCUT2D eigenvalue weighted by molar-refractivity contribution is -0.123. The van der Waals surface area contributed by atoms with Crippen molar-refractivity contribution in [2.45, 2.75) is 19.5 Å². The monoisotopic (exact) mass is 455 g/mol. The molecule has 172 valence electrons. The van der Waals surface area contributed by atoms with E-state index in [0.717, 1.165) is 11.1 Å². The van der Waals surface area contributed by atoms with Crippen molar-refractivity contribution >= 4 is 23.4 Å². The van der Waals surface area contributed by atoms with Gasteiger partial charge in [-0.1, -0.05) is 78.9 Å². The second-order valence-electron chi connectivity index (χ2n) is 7.83. The van der Waals surface area contributed by atoms with Crippen LogP contribution in [0, 0.1) is 0 Å². The Labute approximate surface area is 197 Å². The zero-order chi connectivity index (χ0) is 23.9. The van der Waals surface area contributed by atoms with E-state index in [1.807, 2.05) is 60.7 Å². The van der Waals surface area contributed by atoms with E-state index < -0.39 is 12.1 Å². The molecule has 0 spiro atoms. The number of hydrogen-bond acceptors (Lipinski definition) is 4. The summed E-state index contributed by atoms with van der Waals surface area (Å²) in [6.45, 7) is 1.66. The van der Waals surface area contributed by atoms with Gasteiger partial charge in [-0.3, -0.25) is 9.59 Å². The second-order valence-corrected chi connectivity index (χ2v) is 7.83. The van der Waals surface area contributed by atoms with E-state index in [-0.39, 0.29) is 18.3 Å². The molecule has 3 amide bonds. The van der Waals surface area contributed by atoms with Gasteiger partial charge < -0.3 is 20.7 Å². The molecule has 0 saturated carbocycles. The molecule has 0 saturated heterocycles. The van der Waals surface area contributed by atoms with Crippen molar-refractivity contribution in [2.75, 3.05) is 6.61 Å². The van der Waals surface area contributed by atoms with Crippen molar-refractivity contribution in [1.29, 1.82) is 0 Å². The SMILES string of the molecule is CC(=O)C1=C(c2ccccc2)NC(=O)N[C@H]1c1ccccc1OCC(=O)NCc1ccccc1. The fourth-order valence-electron chi connectivity index (χ4n) is 3.85. The van der Waals surface area contributed by atoms with E-state index in [0.29, 0.717) is 29.1 Å². The van der Waals surface area contributed by atoms with Crippen LogP contribution in [0.3, 0.4) is 0 Å². The van der Waals surface area contributed by atoms with E-state index >= 15 is 0 Å². The highest BCUT2D eigenvalue weighted by molar-refractivity contribution is 6.07. The van der Waals surface area contributed by atoms with Crippen molar-refractivity contribution < 1.29 is 19.1 Å². The Morgan fingerprint density at radius 1 is 0.912 bits per heavy atom. The predicted molar refractivity (Wildman–Crippen MR) is 129 cm³/mol. The normalized spacial score (nSPS) is 15.2. The number of ketones is 1. The third-order valence-corrected chi connectivity index (χ3v) is 5.44. The van der Waals surface area contributed by atoms with E-state index in [4.69, 9.17) is 4.74 Å². The lowest BCUT2D eigenvalue weighted by Gasteiger charge is -2.30. The molecular weight excluding hydrogens is 430 g/mol.